The van der Waals surface area contributed by atoms with E-state index in [9.17, 15) is 18.0 Å². The van der Waals surface area contributed by atoms with Gasteiger partial charge in [-0.05, 0) is 68.2 Å². The van der Waals surface area contributed by atoms with E-state index in [4.69, 9.17) is 11.6 Å². The maximum atomic E-state index is 14.4. The number of rotatable bonds is 7. The molecular formula is C23H23ClF3N3O. The largest absolute Gasteiger partial charge is 0.341 e. The third-order valence-corrected chi connectivity index (χ3v) is 6.01. The molecule has 2 aromatic carbocycles. The number of anilines is 1. The average molecular weight is 450 g/mol. The van der Waals surface area contributed by atoms with Gasteiger partial charge in [0, 0.05) is 24.9 Å². The highest BCUT2D eigenvalue weighted by Gasteiger charge is 2.28. The summed E-state index contributed by atoms with van der Waals surface area (Å²) in [6.07, 6.45) is 3.49. The number of benzene rings is 2. The van der Waals surface area contributed by atoms with E-state index in [-0.39, 0.29) is 29.1 Å². The fourth-order valence-electron chi connectivity index (χ4n) is 4.12. The van der Waals surface area contributed by atoms with Crippen LogP contribution in [0.4, 0.5) is 18.9 Å². The summed E-state index contributed by atoms with van der Waals surface area (Å²) in [7, 11) is 0. The molecule has 0 spiro atoms. The zero-order valence-corrected chi connectivity index (χ0v) is 17.7. The minimum absolute atomic E-state index is 0.0289. The van der Waals surface area contributed by atoms with Gasteiger partial charge >= 0.3 is 0 Å². The van der Waals surface area contributed by atoms with Gasteiger partial charge in [0.1, 0.15) is 11.7 Å². The maximum Gasteiger partial charge on any atom is 0.182 e. The molecule has 1 saturated heterocycles. The second kappa shape index (κ2) is 9.40. The molecule has 2 aliphatic rings. The molecule has 2 heterocycles. The van der Waals surface area contributed by atoms with Crippen molar-refractivity contribution in [3.05, 3.63) is 63.4 Å². The van der Waals surface area contributed by atoms with Crippen LogP contribution in [0.5, 0.6) is 0 Å². The van der Waals surface area contributed by atoms with Crippen LogP contribution in [-0.2, 0) is 12.8 Å². The number of aliphatic imine (C=N–C) groups is 1. The first-order valence-corrected chi connectivity index (χ1v) is 10.8. The van der Waals surface area contributed by atoms with Crippen LogP contribution in [0, 0.1) is 17.5 Å². The summed E-state index contributed by atoms with van der Waals surface area (Å²) in [6.45, 7) is 3.79. The highest BCUT2D eigenvalue weighted by molar-refractivity contribution is 6.30. The van der Waals surface area contributed by atoms with E-state index in [0.29, 0.717) is 23.5 Å². The predicted molar refractivity (Wildman–Crippen MR) is 116 cm³/mol. The molecule has 0 aliphatic carbocycles. The Morgan fingerprint density at radius 3 is 2.65 bits per heavy atom. The number of nitrogens with one attached hydrogen (secondary N) is 1. The van der Waals surface area contributed by atoms with Gasteiger partial charge < -0.3 is 10.2 Å². The molecule has 1 N–H and O–H groups in total. The molecule has 0 aromatic heterocycles. The van der Waals surface area contributed by atoms with Gasteiger partial charge in [0.25, 0.3) is 0 Å². The SMILES string of the molecule is O=C(Cc1ccc(F)c(Cl)c1)c1cc(F)c(F)c2c1CC(=NCCCN1CCCC1)N2. The fourth-order valence-corrected chi connectivity index (χ4v) is 4.33. The van der Waals surface area contributed by atoms with Gasteiger partial charge in [-0.3, -0.25) is 9.79 Å². The van der Waals surface area contributed by atoms with Crippen LogP contribution in [0.25, 0.3) is 0 Å². The summed E-state index contributed by atoms with van der Waals surface area (Å²) in [5, 5.41) is 2.75. The number of amidine groups is 1. The van der Waals surface area contributed by atoms with E-state index in [2.05, 4.69) is 15.2 Å². The summed E-state index contributed by atoms with van der Waals surface area (Å²) in [5.41, 5.74) is 0.968. The maximum absolute atomic E-state index is 14.4. The van der Waals surface area contributed by atoms with Crippen LogP contribution >= 0.6 is 11.6 Å². The summed E-state index contributed by atoms with van der Waals surface area (Å²) in [4.78, 5) is 19.7. The Morgan fingerprint density at radius 2 is 1.90 bits per heavy atom. The summed E-state index contributed by atoms with van der Waals surface area (Å²) >= 11 is 5.78. The highest BCUT2D eigenvalue weighted by atomic mass is 35.5. The molecule has 0 bridgehead atoms. The molecule has 8 heteroatoms. The van der Waals surface area contributed by atoms with Gasteiger partial charge in [0.2, 0.25) is 0 Å². The molecule has 0 amide bonds. The van der Waals surface area contributed by atoms with Gasteiger partial charge in [0.15, 0.2) is 17.4 Å². The molecular weight excluding hydrogens is 427 g/mol. The Labute approximate surface area is 184 Å². The van der Waals surface area contributed by atoms with Crippen molar-refractivity contribution in [2.24, 2.45) is 4.99 Å². The predicted octanol–water partition coefficient (Wildman–Crippen LogP) is 5.04. The minimum Gasteiger partial charge on any atom is -0.341 e. The van der Waals surface area contributed by atoms with Gasteiger partial charge in [-0.15, -0.1) is 0 Å². The normalized spacial score (nSPS) is 17.2. The molecule has 4 rings (SSSR count). The lowest BCUT2D eigenvalue weighted by atomic mass is 9.96. The van der Waals surface area contributed by atoms with Gasteiger partial charge in [-0.1, -0.05) is 17.7 Å². The Morgan fingerprint density at radius 1 is 1.13 bits per heavy atom. The molecule has 0 radical (unpaired) electrons. The molecule has 2 aromatic rings. The molecule has 164 valence electrons. The van der Waals surface area contributed by atoms with E-state index in [1.165, 1.54) is 31.0 Å². The molecule has 0 saturated carbocycles. The van der Waals surface area contributed by atoms with Crippen LogP contribution in [0.1, 0.15) is 40.7 Å². The molecule has 2 aliphatic heterocycles. The third-order valence-electron chi connectivity index (χ3n) is 5.72. The van der Waals surface area contributed by atoms with E-state index in [1.807, 2.05) is 0 Å². The van der Waals surface area contributed by atoms with Gasteiger partial charge in [-0.25, -0.2) is 13.2 Å². The van der Waals surface area contributed by atoms with Crippen LogP contribution in [0.3, 0.4) is 0 Å². The first-order valence-electron chi connectivity index (χ1n) is 10.4. The van der Waals surface area contributed by atoms with Crippen molar-refractivity contribution in [3.63, 3.8) is 0 Å². The van der Waals surface area contributed by atoms with Crippen molar-refractivity contribution >= 4 is 28.9 Å². The van der Waals surface area contributed by atoms with E-state index in [0.717, 1.165) is 32.1 Å². The van der Waals surface area contributed by atoms with Crippen molar-refractivity contribution in [1.29, 1.82) is 0 Å². The smallest absolute Gasteiger partial charge is 0.182 e. The Kier molecular flexibility index (Phi) is 6.62. The Balaban J connectivity index is 1.48. The number of hydrogen-bond acceptors (Lipinski definition) is 3. The minimum atomic E-state index is -1.10. The average Bonchev–Trinajstić information content (AvgIpc) is 3.41. The van der Waals surface area contributed by atoms with Gasteiger partial charge in [-0.2, -0.15) is 0 Å². The number of fused-ring (bicyclic) bond motifs is 1. The lowest BCUT2D eigenvalue weighted by molar-refractivity contribution is 0.0992. The summed E-state index contributed by atoms with van der Waals surface area (Å²) in [5.74, 6) is -2.56. The zero-order valence-electron chi connectivity index (χ0n) is 17.0. The Hall–Kier alpha value is -2.38. The van der Waals surface area contributed by atoms with Crippen molar-refractivity contribution in [3.8, 4) is 0 Å². The van der Waals surface area contributed by atoms with Crippen molar-refractivity contribution in [2.75, 3.05) is 31.5 Å². The lowest BCUT2D eigenvalue weighted by Crippen LogP contribution is -2.21. The second-order valence-corrected chi connectivity index (χ2v) is 8.36. The van der Waals surface area contributed by atoms with Gasteiger partial charge in [0.05, 0.1) is 10.7 Å². The lowest BCUT2D eigenvalue weighted by Gasteiger charge is -2.12. The standard InChI is InChI=1S/C23H23ClF3N3O/c24-17-10-14(4-5-18(17)25)11-20(31)15-12-19(26)22(27)23-16(15)13-21(29-23)28-6-3-9-30-7-1-2-8-30/h4-5,10,12H,1-3,6-9,11,13H2,(H,28,29). The van der Waals surface area contributed by atoms with E-state index >= 15 is 0 Å². The fraction of sp³-hybridized carbons (Fsp3) is 0.391. The number of hydrogen-bond donors (Lipinski definition) is 1. The number of nitrogens with zero attached hydrogens (tertiary/aromatic N) is 2. The number of halogens is 4. The molecule has 0 unspecified atom stereocenters. The van der Waals surface area contributed by atoms with Crippen LogP contribution < -0.4 is 5.32 Å². The topological polar surface area (TPSA) is 44.7 Å². The number of carbonyl (C=O) groups excluding carboxylic acids is 1. The van der Waals surface area contributed by atoms with Crippen LogP contribution in [0.15, 0.2) is 29.3 Å². The monoisotopic (exact) mass is 449 g/mol. The quantitative estimate of drug-likeness (QED) is 0.476. The molecule has 0 atom stereocenters. The number of ketones is 1. The van der Waals surface area contributed by atoms with Crippen molar-refractivity contribution in [2.45, 2.75) is 32.1 Å². The van der Waals surface area contributed by atoms with Crippen molar-refractivity contribution < 1.29 is 18.0 Å². The van der Waals surface area contributed by atoms with Crippen LogP contribution in [-0.4, -0.2) is 42.7 Å². The first kappa shape index (κ1) is 21.8. The molecule has 4 nitrogen and oxygen atoms in total. The van der Waals surface area contributed by atoms with E-state index < -0.39 is 23.2 Å². The zero-order chi connectivity index (χ0) is 22.0. The Bertz CT molecular complexity index is 1040. The number of Topliss-reactive ketones (excluding diaryl/α,β-unsaturated/α-hetero) is 1. The van der Waals surface area contributed by atoms with Crippen LogP contribution in [0.2, 0.25) is 5.02 Å². The summed E-state index contributed by atoms with van der Waals surface area (Å²) < 4.78 is 41.9. The third kappa shape index (κ3) is 4.93. The molecule has 1 fully saturated rings. The van der Waals surface area contributed by atoms with Crippen molar-refractivity contribution in [1.82, 2.24) is 4.90 Å². The highest BCUT2D eigenvalue weighted by Crippen LogP contribution is 2.33. The second-order valence-electron chi connectivity index (χ2n) is 7.95. The van der Waals surface area contributed by atoms with E-state index in [1.54, 1.807) is 0 Å². The number of likely N-dealkylation sites (tertiary alicyclic amines) is 1. The molecule has 31 heavy (non-hydrogen) atoms. The first-order chi connectivity index (χ1) is 14.9. The number of carbonyl (C=O) groups is 1. The summed E-state index contributed by atoms with van der Waals surface area (Å²) in [6, 6.07) is 4.92.